The van der Waals surface area contributed by atoms with Crippen LogP contribution in [0.3, 0.4) is 0 Å². The highest BCUT2D eigenvalue weighted by atomic mass is 16.5. The van der Waals surface area contributed by atoms with Crippen LogP contribution >= 0.6 is 0 Å². The van der Waals surface area contributed by atoms with Crippen LogP contribution in [-0.2, 0) is 16.1 Å². The number of carbonyl (C=O) groups excluding carboxylic acids is 2. The molecule has 1 amide bonds. The van der Waals surface area contributed by atoms with E-state index < -0.39 is 5.97 Å². The second kappa shape index (κ2) is 10.5. The molecule has 0 saturated carbocycles. The van der Waals surface area contributed by atoms with Crippen molar-refractivity contribution in [1.29, 1.82) is 0 Å². The molecule has 0 bridgehead atoms. The minimum atomic E-state index is -0.500. The van der Waals surface area contributed by atoms with Crippen LogP contribution in [0.25, 0.3) is 0 Å². The zero-order chi connectivity index (χ0) is 21.4. The number of rotatable bonds is 9. The molecule has 0 unspecified atom stereocenters. The number of carbonyl (C=O) groups is 2. The molecule has 0 fully saturated rings. The van der Waals surface area contributed by atoms with Crippen LogP contribution in [0.5, 0.6) is 11.5 Å². The van der Waals surface area contributed by atoms with Crippen LogP contribution in [0.2, 0.25) is 0 Å². The van der Waals surface area contributed by atoms with E-state index in [0.29, 0.717) is 36.8 Å². The summed E-state index contributed by atoms with van der Waals surface area (Å²) in [5.74, 6) is 0.530. The van der Waals surface area contributed by atoms with Crippen LogP contribution in [0.15, 0.2) is 36.4 Å². The largest absolute Gasteiger partial charge is 0.493 e. The number of hydrogen-bond donors (Lipinski definition) is 0. The van der Waals surface area contributed by atoms with E-state index in [-0.39, 0.29) is 12.5 Å². The number of hydrogen-bond acceptors (Lipinski definition) is 5. The van der Waals surface area contributed by atoms with Crippen molar-refractivity contribution in [1.82, 2.24) is 4.90 Å². The van der Waals surface area contributed by atoms with Crippen molar-refractivity contribution in [3.63, 3.8) is 0 Å². The van der Waals surface area contributed by atoms with Gasteiger partial charge in [-0.15, -0.1) is 0 Å². The van der Waals surface area contributed by atoms with Crippen molar-refractivity contribution in [2.75, 3.05) is 26.9 Å². The van der Waals surface area contributed by atoms with E-state index in [1.54, 1.807) is 24.1 Å². The second-order valence-corrected chi connectivity index (χ2v) is 6.70. The fourth-order valence-corrected chi connectivity index (χ4v) is 2.85. The summed E-state index contributed by atoms with van der Waals surface area (Å²) in [6.45, 7) is 8.83. The molecule has 156 valence electrons. The van der Waals surface area contributed by atoms with Crippen molar-refractivity contribution in [3.8, 4) is 11.5 Å². The van der Waals surface area contributed by atoms with Gasteiger partial charge in [-0.05, 0) is 68.7 Å². The Bertz CT molecular complexity index is 862. The smallest absolute Gasteiger partial charge is 0.338 e. The standard InChI is InChI=1S/C23H29NO5/c1-6-24(14-18-9-11-20(28-7-2)21(13-18)27-5)22(25)15-29-23(26)19-10-8-16(3)17(4)12-19/h8-13H,6-7,14-15H2,1-5H3. The molecule has 0 saturated heterocycles. The topological polar surface area (TPSA) is 65.1 Å². The van der Waals surface area contributed by atoms with Crippen LogP contribution in [0.4, 0.5) is 0 Å². The van der Waals surface area contributed by atoms with Crippen LogP contribution in [-0.4, -0.2) is 43.6 Å². The average molecular weight is 399 g/mol. The maximum Gasteiger partial charge on any atom is 0.338 e. The molecule has 0 heterocycles. The summed E-state index contributed by atoms with van der Waals surface area (Å²) in [4.78, 5) is 26.4. The van der Waals surface area contributed by atoms with E-state index in [1.165, 1.54) is 0 Å². The molecular weight excluding hydrogens is 370 g/mol. The Hall–Kier alpha value is -3.02. The molecule has 2 rings (SSSR count). The molecule has 2 aromatic rings. The first-order valence-corrected chi connectivity index (χ1v) is 9.71. The summed E-state index contributed by atoms with van der Waals surface area (Å²) in [7, 11) is 1.58. The number of amides is 1. The molecule has 2 aromatic carbocycles. The van der Waals surface area contributed by atoms with Gasteiger partial charge >= 0.3 is 5.97 Å². The van der Waals surface area contributed by atoms with Gasteiger partial charge in [0.05, 0.1) is 19.3 Å². The highest BCUT2D eigenvalue weighted by molar-refractivity contribution is 5.91. The first-order valence-electron chi connectivity index (χ1n) is 9.71. The van der Waals surface area contributed by atoms with Gasteiger partial charge in [0.15, 0.2) is 18.1 Å². The lowest BCUT2D eigenvalue weighted by molar-refractivity contribution is -0.134. The van der Waals surface area contributed by atoms with Crippen LogP contribution < -0.4 is 9.47 Å². The van der Waals surface area contributed by atoms with E-state index in [9.17, 15) is 9.59 Å². The van der Waals surface area contributed by atoms with Gasteiger partial charge in [0.1, 0.15) is 0 Å². The Morgan fingerprint density at radius 3 is 2.34 bits per heavy atom. The number of aryl methyl sites for hydroxylation is 2. The van der Waals surface area contributed by atoms with Crippen molar-refractivity contribution in [2.24, 2.45) is 0 Å². The van der Waals surface area contributed by atoms with Gasteiger partial charge in [0.2, 0.25) is 0 Å². The SMILES string of the molecule is CCOc1ccc(CN(CC)C(=O)COC(=O)c2ccc(C)c(C)c2)cc1OC. The maximum absolute atomic E-state index is 12.6. The molecule has 0 aliphatic carbocycles. The van der Waals surface area contributed by atoms with E-state index >= 15 is 0 Å². The summed E-state index contributed by atoms with van der Waals surface area (Å²) in [5.41, 5.74) is 3.45. The van der Waals surface area contributed by atoms with Crippen molar-refractivity contribution in [2.45, 2.75) is 34.2 Å². The van der Waals surface area contributed by atoms with Gasteiger partial charge in [0.25, 0.3) is 5.91 Å². The average Bonchev–Trinajstić information content (AvgIpc) is 2.72. The number of nitrogens with zero attached hydrogens (tertiary/aromatic N) is 1. The molecule has 0 aliphatic heterocycles. The van der Waals surface area contributed by atoms with Crippen LogP contribution in [0.1, 0.15) is 40.9 Å². The molecule has 6 heteroatoms. The fourth-order valence-electron chi connectivity index (χ4n) is 2.85. The molecule has 29 heavy (non-hydrogen) atoms. The first kappa shape index (κ1) is 22.3. The summed E-state index contributed by atoms with van der Waals surface area (Å²) >= 11 is 0. The minimum absolute atomic E-state index is 0.252. The number of esters is 1. The zero-order valence-electron chi connectivity index (χ0n) is 17.8. The Labute approximate surface area is 172 Å². The van der Waals surface area contributed by atoms with E-state index in [0.717, 1.165) is 16.7 Å². The quantitative estimate of drug-likeness (QED) is 0.598. The first-order chi connectivity index (χ1) is 13.9. The zero-order valence-corrected chi connectivity index (χ0v) is 17.8. The summed E-state index contributed by atoms with van der Waals surface area (Å²) in [6.07, 6.45) is 0. The van der Waals surface area contributed by atoms with Crippen molar-refractivity contribution in [3.05, 3.63) is 58.7 Å². The van der Waals surface area contributed by atoms with Gasteiger partial charge < -0.3 is 19.1 Å². The minimum Gasteiger partial charge on any atom is -0.493 e. The summed E-state index contributed by atoms with van der Waals surface area (Å²) in [5, 5.41) is 0. The van der Waals surface area contributed by atoms with Crippen molar-refractivity contribution >= 4 is 11.9 Å². The fraction of sp³-hybridized carbons (Fsp3) is 0.391. The Morgan fingerprint density at radius 2 is 1.72 bits per heavy atom. The maximum atomic E-state index is 12.6. The molecule has 0 radical (unpaired) electrons. The summed E-state index contributed by atoms with van der Waals surface area (Å²) in [6, 6.07) is 10.9. The number of methoxy groups -OCH3 is 1. The van der Waals surface area contributed by atoms with Crippen molar-refractivity contribution < 1.29 is 23.8 Å². The predicted octanol–water partition coefficient (Wildman–Crippen LogP) is 3.92. The van der Waals surface area contributed by atoms with Gasteiger partial charge in [-0.1, -0.05) is 12.1 Å². The van der Waals surface area contributed by atoms with Gasteiger partial charge in [-0.25, -0.2) is 4.79 Å². The molecule has 6 nitrogen and oxygen atoms in total. The third kappa shape index (κ3) is 5.98. The predicted molar refractivity (Wildman–Crippen MR) is 111 cm³/mol. The van der Waals surface area contributed by atoms with E-state index in [4.69, 9.17) is 14.2 Å². The Morgan fingerprint density at radius 1 is 0.966 bits per heavy atom. The monoisotopic (exact) mass is 399 g/mol. The molecular formula is C23H29NO5. The second-order valence-electron chi connectivity index (χ2n) is 6.70. The van der Waals surface area contributed by atoms with E-state index in [2.05, 4.69) is 0 Å². The molecule has 0 aliphatic rings. The summed E-state index contributed by atoms with van der Waals surface area (Å²) < 4.78 is 16.1. The third-order valence-electron chi connectivity index (χ3n) is 4.71. The number of ether oxygens (including phenoxy) is 3. The van der Waals surface area contributed by atoms with E-state index in [1.807, 2.05) is 52.0 Å². The normalized spacial score (nSPS) is 10.4. The number of likely N-dealkylation sites (N-methyl/N-ethyl adjacent to an activating group) is 1. The van der Waals surface area contributed by atoms with Crippen LogP contribution in [0, 0.1) is 13.8 Å². The Balaban J connectivity index is 1.99. The third-order valence-corrected chi connectivity index (χ3v) is 4.71. The lowest BCUT2D eigenvalue weighted by Gasteiger charge is -2.21. The lowest BCUT2D eigenvalue weighted by Crippen LogP contribution is -2.34. The Kier molecular flexibility index (Phi) is 8.07. The molecule has 0 atom stereocenters. The lowest BCUT2D eigenvalue weighted by atomic mass is 10.1. The van der Waals surface area contributed by atoms with Gasteiger partial charge in [-0.3, -0.25) is 4.79 Å². The highest BCUT2D eigenvalue weighted by Gasteiger charge is 2.17. The number of benzene rings is 2. The van der Waals surface area contributed by atoms with Gasteiger partial charge in [0, 0.05) is 13.1 Å². The molecule has 0 spiro atoms. The molecule has 0 N–H and O–H groups in total. The highest BCUT2D eigenvalue weighted by Crippen LogP contribution is 2.28. The molecule has 0 aromatic heterocycles. The van der Waals surface area contributed by atoms with Gasteiger partial charge in [-0.2, -0.15) is 0 Å².